The van der Waals surface area contributed by atoms with Gasteiger partial charge in [0.15, 0.2) is 0 Å². The van der Waals surface area contributed by atoms with E-state index >= 15 is 0 Å². The highest BCUT2D eigenvalue weighted by molar-refractivity contribution is 4.49. The van der Waals surface area contributed by atoms with Crippen LogP contribution >= 0.6 is 0 Å². The Bertz CT molecular complexity index is 123. The van der Waals surface area contributed by atoms with E-state index < -0.39 is 0 Å². The molecule has 0 heterocycles. The quantitative estimate of drug-likeness (QED) is 0.410. The predicted molar refractivity (Wildman–Crippen MR) is 72.9 cm³/mol. The third-order valence-corrected chi connectivity index (χ3v) is 3.10. The molecule has 0 aromatic carbocycles. The molecular weight excluding hydrogens is 196 g/mol. The van der Waals surface area contributed by atoms with E-state index in [1.807, 2.05) is 0 Å². The Morgan fingerprint density at radius 3 is 1.88 bits per heavy atom. The summed E-state index contributed by atoms with van der Waals surface area (Å²) in [5, 5.41) is 0. The van der Waals surface area contributed by atoms with Crippen LogP contribution in [0.25, 0.3) is 0 Å². The lowest BCUT2D eigenvalue weighted by atomic mass is 10.1. The van der Waals surface area contributed by atoms with E-state index in [9.17, 15) is 0 Å². The van der Waals surface area contributed by atoms with Crippen LogP contribution in [0.15, 0.2) is 0 Å². The highest BCUT2D eigenvalue weighted by Gasteiger charge is 1.99. The lowest BCUT2D eigenvalue weighted by molar-refractivity contribution is 0.0570. The molecule has 0 aliphatic carbocycles. The van der Waals surface area contributed by atoms with Crippen molar-refractivity contribution in [2.24, 2.45) is 0 Å². The largest absolute Gasteiger partial charge is 0.379 e. The van der Waals surface area contributed by atoms with Gasteiger partial charge in [-0.15, -0.1) is 0 Å². The standard InChI is InChI=1S/C15H32O/c1-4-6-7-8-9-10-11-12-14-16-15(3)13-5-2/h15H,4-14H2,1-3H3. The van der Waals surface area contributed by atoms with Crippen molar-refractivity contribution in [2.45, 2.75) is 91.1 Å². The summed E-state index contributed by atoms with van der Waals surface area (Å²) in [6, 6.07) is 0. The van der Waals surface area contributed by atoms with E-state index in [4.69, 9.17) is 4.74 Å². The number of hydrogen-bond donors (Lipinski definition) is 0. The number of hydrogen-bond acceptors (Lipinski definition) is 1. The Morgan fingerprint density at radius 2 is 1.31 bits per heavy atom. The summed E-state index contributed by atoms with van der Waals surface area (Å²) in [4.78, 5) is 0. The van der Waals surface area contributed by atoms with Gasteiger partial charge in [0.05, 0.1) is 6.10 Å². The molecule has 1 heteroatoms. The molecule has 0 saturated heterocycles. The van der Waals surface area contributed by atoms with Crippen LogP contribution in [0.1, 0.15) is 85.0 Å². The molecule has 1 nitrogen and oxygen atoms in total. The van der Waals surface area contributed by atoms with Crippen LogP contribution in [0.5, 0.6) is 0 Å². The summed E-state index contributed by atoms with van der Waals surface area (Å²) in [7, 11) is 0. The van der Waals surface area contributed by atoms with Crippen LogP contribution in [0, 0.1) is 0 Å². The number of unbranched alkanes of at least 4 members (excludes halogenated alkanes) is 7. The van der Waals surface area contributed by atoms with Gasteiger partial charge in [0.25, 0.3) is 0 Å². The lowest BCUT2D eigenvalue weighted by Gasteiger charge is -2.11. The summed E-state index contributed by atoms with van der Waals surface area (Å²) in [5.41, 5.74) is 0. The summed E-state index contributed by atoms with van der Waals surface area (Å²) in [6.45, 7) is 7.65. The molecule has 0 aromatic rings. The van der Waals surface area contributed by atoms with Crippen molar-refractivity contribution in [3.63, 3.8) is 0 Å². The van der Waals surface area contributed by atoms with Crippen molar-refractivity contribution in [3.05, 3.63) is 0 Å². The zero-order chi connectivity index (χ0) is 12.1. The fourth-order valence-corrected chi connectivity index (χ4v) is 2.01. The van der Waals surface area contributed by atoms with Gasteiger partial charge < -0.3 is 4.74 Å². The van der Waals surface area contributed by atoms with Crippen LogP contribution in [0.4, 0.5) is 0 Å². The summed E-state index contributed by atoms with van der Waals surface area (Å²) < 4.78 is 5.73. The second kappa shape index (κ2) is 13.0. The monoisotopic (exact) mass is 228 g/mol. The first-order valence-electron chi connectivity index (χ1n) is 7.42. The SMILES string of the molecule is CCCCCCCCCCOC(C)CCC. The van der Waals surface area contributed by atoms with E-state index in [0.717, 1.165) is 6.61 Å². The first-order valence-corrected chi connectivity index (χ1v) is 7.42. The summed E-state index contributed by atoms with van der Waals surface area (Å²) in [5.74, 6) is 0. The molecule has 0 N–H and O–H groups in total. The second-order valence-corrected chi connectivity index (χ2v) is 4.94. The number of ether oxygens (including phenoxy) is 1. The van der Waals surface area contributed by atoms with Crippen LogP contribution in [-0.2, 0) is 4.74 Å². The van der Waals surface area contributed by atoms with Gasteiger partial charge in [-0.2, -0.15) is 0 Å². The first-order chi connectivity index (χ1) is 7.81. The van der Waals surface area contributed by atoms with Crippen molar-refractivity contribution in [2.75, 3.05) is 6.61 Å². The lowest BCUT2D eigenvalue weighted by Crippen LogP contribution is -2.08. The van der Waals surface area contributed by atoms with Crippen LogP contribution in [0.3, 0.4) is 0 Å². The highest BCUT2D eigenvalue weighted by atomic mass is 16.5. The maximum atomic E-state index is 5.73. The first kappa shape index (κ1) is 16.0. The molecule has 0 amide bonds. The van der Waals surface area contributed by atoms with Gasteiger partial charge in [-0.3, -0.25) is 0 Å². The third-order valence-electron chi connectivity index (χ3n) is 3.10. The van der Waals surface area contributed by atoms with Gasteiger partial charge >= 0.3 is 0 Å². The maximum Gasteiger partial charge on any atom is 0.0546 e. The number of rotatable bonds is 12. The van der Waals surface area contributed by atoms with Gasteiger partial charge in [-0.25, -0.2) is 0 Å². The van der Waals surface area contributed by atoms with Crippen molar-refractivity contribution in [1.82, 2.24) is 0 Å². The van der Waals surface area contributed by atoms with Gasteiger partial charge in [0.1, 0.15) is 0 Å². The zero-order valence-corrected chi connectivity index (χ0v) is 11.8. The molecule has 0 fully saturated rings. The molecule has 1 atom stereocenters. The molecule has 0 radical (unpaired) electrons. The normalized spacial score (nSPS) is 12.9. The average Bonchev–Trinajstić information content (AvgIpc) is 2.27. The zero-order valence-electron chi connectivity index (χ0n) is 11.8. The molecule has 16 heavy (non-hydrogen) atoms. The van der Waals surface area contributed by atoms with E-state index in [-0.39, 0.29) is 0 Å². The van der Waals surface area contributed by atoms with Gasteiger partial charge in [0.2, 0.25) is 0 Å². The van der Waals surface area contributed by atoms with E-state index in [1.165, 1.54) is 64.2 Å². The Morgan fingerprint density at radius 1 is 0.750 bits per heavy atom. The van der Waals surface area contributed by atoms with Gasteiger partial charge in [0, 0.05) is 6.61 Å². The van der Waals surface area contributed by atoms with Crippen molar-refractivity contribution < 1.29 is 4.74 Å². The Labute approximate surface area is 103 Å². The van der Waals surface area contributed by atoms with Crippen LogP contribution in [0.2, 0.25) is 0 Å². The molecule has 0 saturated carbocycles. The third kappa shape index (κ3) is 12.0. The molecule has 0 aliphatic heterocycles. The molecule has 98 valence electrons. The van der Waals surface area contributed by atoms with Crippen molar-refractivity contribution in [3.8, 4) is 0 Å². The predicted octanol–water partition coefficient (Wildman–Crippen LogP) is 5.33. The molecule has 0 aliphatic rings. The van der Waals surface area contributed by atoms with Crippen molar-refractivity contribution >= 4 is 0 Å². The van der Waals surface area contributed by atoms with E-state index in [0.29, 0.717) is 6.10 Å². The topological polar surface area (TPSA) is 9.23 Å². The summed E-state index contributed by atoms with van der Waals surface area (Å²) >= 11 is 0. The van der Waals surface area contributed by atoms with Gasteiger partial charge in [-0.1, -0.05) is 65.2 Å². The van der Waals surface area contributed by atoms with Crippen LogP contribution < -0.4 is 0 Å². The summed E-state index contributed by atoms with van der Waals surface area (Å²) in [6.07, 6.45) is 14.0. The Hall–Kier alpha value is -0.0400. The molecular formula is C15H32O. The van der Waals surface area contributed by atoms with Crippen LogP contribution in [-0.4, -0.2) is 12.7 Å². The maximum absolute atomic E-state index is 5.73. The fourth-order valence-electron chi connectivity index (χ4n) is 2.01. The molecule has 1 unspecified atom stereocenters. The minimum atomic E-state index is 0.467. The van der Waals surface area contributed by atoms with E-state index in [2.05, 4.69) is 20.8 Å². The highest BCUT2D eigenvalue weighted by Crippen LogP contribution is 2.09. The average molecular weight is 228 g/mol. The molecule has 0 spiro atoms. The minimum absolute atomic E-state index is 0.467. The fraction of sp³-hybridized carbons (Fsp3) is 1.00. The molecule has 0 rings (SSSR count). The van der Waals surface area contributed by atoms with Gasteiger partial charge in [-0.05, 0) is 19.8 Å². The molecule has 0 bridgehead atoms. The Balaban J connectivity index is 2.98. The van der Waals surface area contributed by atoms with Crippen molar-refractivity contribution in [1.29, 1.82) is 0 Å². The second-order valence-electron chi connectivity index (χ2n) is 4.94. The molecule has 0 aromatic heterocycles. The smallest absolute Gasteiger partial charge is 0.0546 e. The Kier molecular flexibility index (Phi) is 13.0. The minimum Gasteiger partial charge on any atom is -0.379 e. The van der Waals surface area contributed by atoms with E-state index in [1.54, 1.807) is 0 Å².